The predicted molar refractivity (Wildman–Crippen MR) is 91.3 cm³/mol. The first-order valence-electron chi connectivity index (χ1n) is 5.72. The first kappa shape index (κ1) is 31.1. The monoisotopic (exact) mass is 384 g/mol. The Morgan fingerprint density at radius 2 is 0.588 bits per heavy atom. The van der Waals surface area contributed by atoms with Crippen LogP contribution in [-0.2, 0) is 25.3 Å². The minimum atomic E-state index is 0. The minimum Gasteiger partial charge on any atom is -0.787 e. The van der Waals surface area contributed by atoms with E-state index in [-0.39, 0.29) is 33.4 Å². The van der Waals surface area contributed by atoms with Crippen molar-refractivity contribution in [2.45, 2.75) is 78.7 Å². The molecular weight excluding hydrogens is 351 g/mol. The number of hydrogen-bond acceptors (Lipinski definition) is 2. The Kier molecular flexibility index (Phi) is 36.3. The summed E-state index contributed by atoms with van der Waals surface area (Å²) in [6.07, 6.45) is 4.00. The molecule has 0 aliphatic rings. The fourth-order valence-corrected chi connectivity index (χ4v) is 0. The maximum atomic E-state index is 4.83. The molecule has 0 saturated carbocycles. The van der Waals surface area contributed by atoms with Crippen molar-refractivity contribution in [2.24, 2.45) is 0 Å². The van der Waals surface area contributed by atoms with Gasteiger partial charge in [0, 0.05) is 0 Å². The molecule has 0 aromatic carbocycles. The van der Waals surface area contributed by atoms with Crippen LogP contribution in [0.15, 0.2) is 0 Å². The van der Waals surface area contributed by atoms with Gasteiger partial charge >= 0.3 is 23.9 Å². The third kappa shape index (κ3) is 1870. The molecule has 0 unspecified atom stereocenters. The van der Waals surface area contributed by atoms with E-state index in [2.05, 4.69) is 0 Å². The van der Waals surface area contributed by atoms with Gasteiger partial charge in [0.2, 0.25) is 0 Å². The molecule has 0 nitrogen and oxygen atoms in total. The Hall–Kier alpha value is 1.50. The molecule has 0 N–H and O–H groups in total. The molecule has 0 aromatic rings. The first-order chi connectivity index (χ1) is 6.83. The normalized spacial score (nSPS) is 9.18. The van der Waals surface area contributed by atoms with Crippen molar-refractivity contribution in [2.75, 3.05) is 0 Å². The molecule has 0 aromatic heterocycles. The molecule has 0 aliphatic heterocycles. The summed E-state index contributed by atoms with van der Waals surface area (Å²) in [4.78, 5) is 0. The van der Waals surface area contributed by atoms with E-state index in [0.717, 1.165) is 0 Å². The third-order valence-corrected chi connectivity index (χ3v) is 0. The summed E-state index contributed by atoms with van der Waals surface area (Å²) in [5.74, 6) is 0. The molecule has 0 amide bonds. The minimum absolute atomic E-state index is 0. The Morgan fingerprint density at radius 1 is 0.588 bits per heavy atom. The first-order valence-corrected chi connectivity index (χ1v) is 6.53. The fraction of sp³-hybridized carbons (Fsp3) is 0.857. The average Bonchev–Trinajstić information content (AvgIpc) is 1.79. The third-order valence-electron chi connectivity index (χ3n) is 0. The molecular formula is C14H32S2Sn. The van der Waals surface area contributed by atoms with E-state index < -0.39 is 0 Å². The summed E-state index contributed by atoms with van der Waals surface area (Å²) in [6.45, 7) is 20.0. The van der Waals surface area contributed by atoms with Crippen LogP contribution >= 0.6 is 0 Å². The molecule has 0 atom stereocenters. The van der Waals surface area contributed by atoms with E-state index in [0.29, 0.717) is 0 Å². The van der Waals surface area contributed by atoms with E-state index >= 15 is 0 Å². The largest absolute Gasteiger partial charge is 2.00 e. The van der Waals surface area contributed by atoms with Crippen LogP contribution in [0, 0.1) is 12.8 Å². The van der Waals surface area contributed by atoms with E-state index in [4.69, 9.17) is 25.3 Å². The van der Waals surface area contributed by atoms with Gasteiger partial charge in [-0.15, -0.1) is 0 Å². The van der Waals surface area contributed by atoms with Crippen molar-refractivity contribution in [3.63, 3.8) is 0 Å². The van der Waals surface area contributed by atoms with Crippen LogP contribution < -0.4 is 0 Å². The average molecular weight is 383 g/mol. The van der Waals surface area contributed by atoms with E-state index in [1.807, 2.05) is 82.1 Å². The molecule has 0 saturated heterocycles. The summed E-state index contributed by atoms with van der Waals surface area (Å²) in [5, 5.41) is 0. The Labute approximate surface area is 140 Å². The molecule has 0 heterocycles. The zero-order valence-electron chi connectivity index (χ0n) is 13.5. The molecule has 0 aliphatic carbocycles. The van der Waals surface area contributed by atoms with Crippen molar-refractivity contribution < 1.29 is 0 Å². The zero-order valence-corrected chi connectivity index (χ0v) is 18.0. The Morgan fingerprint density at radius 3 is 0.588 bits per heavy atom. The molecule has 104 valence electrons. The van der Waals surface area contributed by atoms with Gasteiger partial charge in [0.05, 0.1) is 0 Å². The van der Waals surface area contributed by atoms with Gasteiger partial charge in [-0.1, -0.05) is 69.2 Å². The molecule has 0 fully saturated rings. The van der Waals surface area contributed by atoms with Gasteiger partial charge in [-0.3, -0.25) is 0 Å². The van der Waals surface area contributed by atoms with Crippen LogP contribution in [0.4, 0.5) is 0 Å². The summed E-state index contributed by atoms with van der Waals surface area (Å²) < 4.78 is 0.167. The van der Waals surface area contributed by atoms with Gasteiger partial charge in [-0.25, -0.2) is 0 Å². The molecule has 17 heavy (non-hydrogen) atoms. The van der Waals surface area contributed by atoms with Crippen molar-refractivity contribution in [1.29, 1.82) is 0 Å². The number of hydrogen-bond donors (Lipinski definition) is 0. The van der Waals surface area contributed by atoms with Crippen LogP contribution in [0.3, 0.4) is 0 Å². The second kappa shape index (κ2) is 19.8. The molecule has 0 rings (SSSR count). The quantitative estimate of drug-likeness (QED) is 0.438. The topological polar surface area (TPSA) is 0 Å². The van der Waals surface area contributed by atoms with Crippen molar-refractivity contribution in [3.05, 3.63) is 12.8 Å². The zero-order chi connectivity index (χ0) is 14.4. The standard InChI is InChI=1S/2C4H10S.2C3H7.Sn/c2*1-4(2,3)5;2*1-3-2;/h2*5H,1-3H3;2*3H,1-2H3;/q;;;;+2/p-2. The predicted octanol–water partition coefficient (Wildman–Crippen LogP) is 4.74. The van der Waals surface area contributed by atoms with E-state index in [9.17, 15) is 0 Å². The van der Waals surface area contributed by atoms with E-state index in [1.165, 1.54) is 0 Å². The molecule has 4 radical (unpaired) electrons. The van der Waals surface area contributed by atoms with Gasteiger partial charge < -0.3 is 25.3 Å². The SMILES string of the molecule is CC(C)(C)[S-].CC(C)(C)[S-].C[CH]C.C[CH]C.[Sn+2]. The Balaban J connectivity index is -0.0000000381. The molecule has 0 spiro atoms. The summed E-state index contributed by atoms with van der Waals surface area (Å²) in [6, 6.07) is 0. The summed E-state index contributed by atoms with van der Waals surface area (Å²) in [5.41, 5.74) is 0. The van der Waals surface area contributed by atoms with Gasteiger partial charge in [-0.05, 0) is 12.8 Å². The Bertz CT molecular complexity index is 75.8. The number of rotatable bonds is 0. The van der Waals surface area contributed by atoms with Gasteiger partial charge in [0.25, 0.3) is 0 Å². The van der Waals surface area contributed by atoms with Gasteiger partial charge in [-0.2, -0.15) is 9.49 Å². The van der Waals surface area contributed by atoms with Crippen LogP contribution in [0.1, 0.15) is 69.2 Å². The summed E-state index contributed by atoms with van der Waals surface area (Å²) >= 11 is 9.65. The second-order valence-corrected chi connectivity index (χ2v) is 7.83. The van der Waals surface area contributed by atoms with Crippen LogP contribution in [0.5, 0.6) is 0 Å². The maximum absolute atomic E-state index is 4.83. The fourth-order valence-electron chi connectivity index (χ4n) is 0. The van der Waals surface area contributed by atoms with E-state index in [1.54, 1.807) is 0 Å². The maximum Gasteiger partial charge on any atom is 2.00 e. The van der Waals surface area contributed by atoms with Crippen molar-refractivity contribution in [3.8, 4) is 0 Å². The van der Waals surface area contributed by atoms with Crippen LogP contribution in [0.25, 0.3) is 0 Å². The smallest absolute Gasteiger partial charge is 0.787 e. The molecule has 0 bridgehead atoms. The van der Waals surface area contributed by atoms with Gasteiger partial charge in [0.1, 0.15) is 0 Å². The van der Waals surface area contributed by atoms with Crippen molar-refractivity contribution in [1.82, 2.24) is 0 Å². The molecule has 3 heteroatoms. The van der Waals surface area contributed by atoms with Crippen LogP contribution in [0.2, 0.25) is 0 Å². The van der Waals surface area contributed by atoms with Crippen molar-refractivity contribution >= 4 is 49.2 Å². The summed E-state index contributed by atoms with van der Waals surface area (Å²) in [7, 11) is 0. The van der Waals surface area contributed by atoms with Crippen LogP contribution in [-0.4, -0.2) is 33.4 Å². The van der Waals surface area contributed by atoms with Gasteiger partial charge in [0.15, 0.2) is 0 Å². The second-order valence-electron chi connectivity index (χ2n) is 5.38.